The van der Waals surface area contributed by atoms with Gasteiger partial charge in [-0.2, -0.15) is 0 Å². The summed E-state index contributed by atoms with van der Waals surface area (Å²) < 4.78 is 0. The number of H-pyrrole nitrogens is 1. The van der Waals surface area contributed by atoms with E-state index in [0.29, 0.717) is 15.8 Å². The highest BCUT2D eigenvalue weighted by molar-refractivity contribution is 7.21. The second kappa shape index (κ2) is 5.78. The van der Waals surface area contributed by atoms with Crippen LogP contribution in [0.4, 0.5) is 17.1 Å². The van der Waals surface area contributed by atoms with Crippen molar-refractivity contribution in [3.63, 3.8) is 0 Å². The summed E-state index contributed by atoms with van der Waals surface area (Å²) in [6.45, 7) is 1.74. The number of hydrogen-bond donors (Lipinski definition) is 3. The van der Waals surface area contributed by atoms with Gasteiger partial charge < -0.3 is 16.0 Å². The van der Waals surface area contributed by atoms with Gasteiger partial charge >= 0.3 is 0 Å². The number of fused-ring (bicyclic) bond motifs is 1. The van der Waals surface area contributed by atoms with Crippen LogP contribution in [0.1, 0.15) is 15.2 Å². The SMILES string of the molecule is Cc1cc(=O)[nH]c2sc(C(=O)Nc3cccc([N+](=O)[O-])c3)c(N)c12. The number of nitrogens with zero attached hydrogens (tertiary/aromatic N) is 1. The number of nitro benzene ring substituents is 1. The molecule has 1 aromatic carbocycles. The van der Waals surface area contributed by atoms with Crippen LogP contribution in [0.25, 0.3) is 10.2 Å². The Kier molecular flexibility index (Phi) is 3.78. The molecule has 0 unspecified atom stereocenters. The molecule has 0 saturated heterocycles. The minimum Gasteiger partial charge on any atom is -0.397 e. The molecular weight excluding hydrogens is 332 g/mol. The van der Waals surface area contributed by atoms with Crippen LogP contribution in [0.3, 0.4) is 0 Å². The molecule has 3 rings (SSSR count). The van der Waals surface area contributed by atoms with E-state index in [1.807, 2.05) is 0 Å². The van der Waals surface area contributed by atoms with Gasteiger partial charge in [-0.25, -0.2) is 0 Å². The van der Waals surface area contributed by atoms with Crippen LogP contribution < -0.4 is 16.6 Å². The molecule has 0 fully saturated rings. The number of rotatable bonds is 3. The molecule has 0 aliphatic rings. The van der Waals surface area contributed by atoms with Crippen molar-refractivity contribution in [3.8, 4) is 0 Å². The van der Waals surface area contributed by atoms with E-state index in [9.17, 15) is 19.7 Å². The number of carbonyl (C=O) groups excluding carboxylic acids is 1. The van der Waals surface area contributed by atoms with Gasteiger partial charge in [0, 0.05) is 29.3 Å². The second-order valence-corrected chi connectivity index (χ2v) is 6.15. The summed E-state index contributed by atoms with van der Waals surface area (Å²) in [5, 5.41) is 14.0. The van der Waals surface area contributed by atoms with E-state index in [1.165, 1.54) is 24.3 Å². The Morgan fingerprint density at radius 3 is 2.83 bits per heavy atom. The monoisotopic (exact) mass is 344 g/mol. The van der Waals surface area contributed by atoms with Crippen molar-refractivity contribution < 1.29 is 9.72 Å². The van der Waals surface area contributed by atoms with Crippen LogP contribution in [0.15, 0.2) is 35.1 Å². The van der Waals surface area contributed by atoms with Crippen molar-refractivity contribution in [3.05, 3.63) is 61.2 Å². The van der Waals surface area contributed by atoms with Gasteiger partial charge in [0.2, 0.25) is 5.56 Å². The van der Waals surface area contributed by atoms with Crippen molar-refractivity contribution in [1.29, 1.82) is 0 Å². The summed E-state index contributed by atoms with van der Waals surface area (Å²) in [6, 6.07) is 7.02. The molecule has 122 valence electrons. The Labute approximate surface area is 139 Å². The van der Waals surface area contributed by atoms with E-state index in [2.05, 4.69) is 10.3 Å². The number of nitrogens with two attached hydrogens (primary N) is 1. The maximum absolute atomic E-state index is 12.4. The predicted octanol–water partition coefficient (Wildman–Crippen LogP) is 2.64. The van der Waals surface area contributed by atoms with Crippen molar-refractivity contribution in [1.82, 2.24) is 4.98 Å². The molecule has 4 N–H and O–H groups in total. The summed E-state index contributed by atoms with van der Waals surface area (Å²) in [5.74, 6) is -0.491. The number of nitro groups is 1. The van der Waals surface area contributed by atoms with E-state index >= 15 is 0 Å². The van der Waals surface area contributed by atoms with E-state index < -0.39 is 10.8 Å². The fourth-order valence-electron chi connectivity index (χ4n) is 2.39. The molecule has 0 aliphatic heterocycles. The Morgan fingerprint density at radius 2 is 2.12 bits per heavy atom. The molecule has 0 saturated carbocycles. The number of pyridine rings is 1. The number of aryl methyl sites for hydroxylation is 1. The fraction of sp³-hybridized carbons (Fsp3) is 0.0667. The molecule has 0 atom stereocenters. The Bertz CT molecular complexity index is 1040. The molecule has 1 amide bonds. The largest absolute Gasteiger partial charge is 0.397 e. The van der Waals surface area contributed by atoms with Crippen LogP contribution in [0, 0.1) is 17.0 Å². The number of nitrogen functional groups attached to an aromatic ring is 1. The Morgan fingerprint density at radius 1 is 1.38 bits per heavy atom. The first kappa shape index (κ1) is 15.7. The molecule has 9 heteroatoms. The molecule has 0 radical (unpaired) electrons. The molecule has 2 heterocycles. The number of non-ortho nitro benzene ring substituents is 1. The van der Waals surface area contributed by atoms with Gasteiger partial charge in [-0.3, -0.25) is 19.7 Å². The third kappa shape index (κ3) is 2.72. The summed E-state index contributed by atoms with van der Waals surface area (Å²) >= 11 is 1.06. The van der Waals surface area contributed by atoms with Gasteiger partial charge in [0.25, 0.3) is 11.6 Å². The van der Waals surface area contributed by atoms with E-state index in [1.54, 1.807) is 13.0 Å². The molecule has 0 spiro atoms. The molecule has 0 aliphatic carbocycles. The second-order valence-electron chi connectivity index (χ2n) is 5.13. The van der Waals surface area contributed by atoms with Gasteiger partial charge in [0.05, 0.1) is 10.6 Å². The van der Waals surface area contributed by atoms with Gasteiger partial charge in [0.1, 0.15) is 9.71 Å². The maximum atomic E-state index is 12.4. The first-order valence-corrected chi connectivity index (χ1v) is 7.66. The number of aromatic amines is 1. The number of hydrogen-bond acceptors (Lipinski definition) is 6. The lowest BCUT2D eigenvalue weighted by atomic mass is 10.1. The molecule has 0 bridgehead atoms. The van der Waals surface area contributed by atoms with Crippen LogP contribution in [0.5, 0.6) is 0 Å². The number of aromatic nitrogens is 1. The third-order valence-electron chi connectivity index (χ3n) is 3.44. The minimum absolute atomic E-state index is 0.128. The number of carbonyl (C=O) groups is 1. The standard InChI is InChI=1S/C15H12N4O4S/c1-7-5-10(20)18-15-11(7)12(16)13(24-15)14(21)17-8-3-2-4-9(6-8)19(22)23/h2-6H,16H2,1H3,(H,17,21)(H,18,20). The molecule has 24 heavy (non-hydrogen) atoms. The number of thiophene rings is 1. The van der Waals surface area contributed by atoms with Crippen molar-refractivity contribution in [2.24, 2.45) is 0 Å². The molecule has 8 nitrogen and oxygen atoms in total. The fourth-order valence-corrected chi connectivity index (χ4v) is 3.48. The topological polar surface area (TPSA) is 131 Å². The lowest BCUT2D eigenvalue weighted by molar-refractivity contribution is -0.384. The Balaban J connectivity index is 1.99. The number of anilines is 2. The van der Waals surface area contributed by atoms with E-state index in [4.69, 9.17) is 5.73 Å². The minimum atomic E-state index is -0.544. The zero-order valence-electron chi connectivity index (χ0n) is 12.5. The van der Waals surface area contributed by atoms with Gasteiger partial charge in [-0.05, 0) is 18.6 Å². The zero-order chi connectivity index (χ0) is 17.4. The quantitative estimate of drug-likeness (QED) is 0.496. The number of nitrogens with one attached hydrogen (secondary N) is 2. The maximum Gasteiger partial charge on any atom is 0.271 e. The van der Waals surface area contributed by atoms with Crippen LogP contribution >= 0.6 is 11.3 Å². The average Bonchev–Trinajstić information content (AvgIpc) is 2.84. The summed E-state index contributed by atoms with van der Waals surface area (Å²) in [4.78, 5) is 37.6. The lowest BCUT2D eigenvalue weighted by Gasteiger charge is -2.04. The molecule has 3 aromatic rings. The highest BCUT2D eigenvalue weighted by Gasteiger charge is 2.19. The van der Waals surface area contributed by atoms with Crippen molar-refractivity contribution in [2.75, 3.05) is 11.1 Å². The van der Waals surface area contributed by atoms with E-state index in [0.717, 1.165) is 11.3 Å². The van der Waals surface area contributed by atoms with Crippen molar-refractivity contribution in [2.45, 2.75) is 6.92 Å². The highest BCUT2D eigenvalue weighted by atomic mass is 32.1. The van der Waals surface area contributed by atoms with Crippen LogP contribution in [-0.4, -0.2) is 15.8 Å². The summed E-state index contributed by atoms with van der Waals surface area (Å²) in [6.07, 6.45) is 0. The van der Waals surface area contributed by atoms with Crippen LogP contribution in [0.2, 0.25) is 0 Å². The zero-order valence-corrected chi connectivity index (χ0v) is 13.3. The lowest BCUT2D eigenvalue weighted by Crippen LogP contribution is -2.12. The Hall–Kier alpha value is -3.20. The summed E-state index contributed by atoms with van der Waals surface area (Å²) in [7, 11) is 0. The number of amides is 1. The normalized spacial score (nSPS) is 10.7. The van der Waals surface area contributed by atoms with Crippen LogP contribution in [-0.2, 0) is 0 Å². The molecular formula is C15H12N4O4S. The van der Waals surface area contributed by atoms with Gasteiger partial charge in [-0.1, -0.05) is 6.07 Å². The van der Waals surface area contributed by atoms with Crippen molar-refractivity contribution >= 4 is 44.5 Å². The highest BCUT2D eigenvalue weighted by Crippen LogP contribution is 2.34. The smallest absolute Gasteiger partial charge is 0.271 e. The van der Waals surface area contributed by atoms with Gasteiger partial charge in [-0.15, -0.1) is 11.3 Å². The predicted molar refractivity (Wildman–Crippen MR) is 92.6 cm³/mol. The van der Waals surface area contributed by atoms with Gasteiger partial charge in [0.15, 0.2) is 0 Å². The first-order valence-electron chi connectivity index (χ1n) is 6.84. The summed E-state index contributed by atoms with van der Waals surface area (Å²) in [5.41, 5.74) is 6.88. The van der Waals surface area contributed by atoms with E-state index in [-0.39, 0.29) is 27.5 Å². The first-order chi connectivity index (χ1) is 11.4. The third-order valence-corrected chi connectivity index (χ3v) is 4.56. The average molecular weight is 344 g/mol. The molecule has 2 aromatic heterocycles. The number of benzene rings is 1.